The Kier molecular flexibility index (Phi) is 4.81. The van der Waals surface area contributed by atoms with Crippen molar-refractivity contribution in [2.45, 2.75) is 32.2 Å². The number of nitrogens with zero attached hydrogens (tertiary/aromatic N) is 2. The van der Waals surface area contributed by atoms with Gasteiger partial charge < -0.3 is 14.3 Å². The quantitative estimate of drug-likeness (QED) is 0.327. The highest BCUT2D eigenvalue weighted by molar-refractivity contribution is 5.97. The third kappa shape index (κ3) is 3.89. The number of halogens is 1. The molecule has 0 atom stereocenters. The van der Waals surface area contributed by atoms with E-state index in [0.717, 1.165) is 46.1 Å². The average molecular weight is 468 g/mol. The zero-order valence-corrected chi connectivity index (χ0v) is 19.3. The maximum atomic E-state index is 13.3. The summed E-state index contributed by atoms with van der Waals surface area (Å²) in [5.41, 5.74) is 4.53. The van der Waals surface area contributed by atoms with Crippen molar-refractivity contribution in [1.29, 1.82) is 0 Å². The van der Waals surface area contributed by atoms with Crippen LogP contribution in [0.2, 0.25) is 0 Å². The molecule has 2 aromatic heterocycles. The minimum absolute atomic E-state index is 0.178. The van der Waals surface area contributed by atoms with Crippen molar-refractivity contribution in [2.75, 3.05) is 0 Å². The zero-order chi connectivity index (χ0) is 24.2. The van der Waals surface area contributed by atoms with Gasteiger partial charge >= 0.3 is 0 Å². The Labute approximate surface area is 200 Å². The van der Waals surface area contributed by atoms with Crippen molar-refractivity contribution in [2.24, 2.45) is 0 Å². The summed E-state index contributed by atoms with van der Waals surface area (Å²) in [5, 5.41) is 7.88. The average Bonchev–Trinajstić information content (AvgIpc) is 3.28. The molecular weight excluding hydrogens is 445 g/mol. The van der Waals surface area contributed by atoms with Crippen molar-refractivity contribution < 1.29 is 18.1 Å². The van der Waals surface area contributed by atoms with E-state index in [1.807, 2.05) is 49.4 Å². The highest BCUT2D eigenvalue weighted by Crippen LogP contribution is 2.45. The first-order valence-corrected chi connectivity index (χ1v) is 11.4. The summed E-state index contributed by atoms with van der Waals surface area (Å²) in [7, 11) is 0. The molecule has 1 aliphatic carbocycles. The van der Waals surface area contributed by atoms with Gasteiger partial charge in [0.2, 0.25) is 0 Å². The molecule has 0 spiro atoms. The lowest BCUT2D eigenvalue weighted by molar-refractivity contribution is 0.0920. The van der Waals surface area contributed by atoms with Crippen molar-refractivity contribution in [1.82, 2.24) is 15.5 Å². The molecule has 2 heterocycles. The third-order valence-electron chi connectivity index (χ3n) is 6.50. The van der Waals surface area contributed by atoms with E-state index in [2.05, 4.69) is 15.5 Å². The van der Waals surface area contributed by atoms with Crippen molar-refractivity contribution in [3.8, 4) is 22.5 Å². The first-order valence-electron chi connectivity index (χ1n) is 11.4. The number of carbonyl (C=O) groups is 1. The van der Waals surface area contributed by atoms with Gasteiger partial charge in [-0.15, -0.1) is 0 Å². The Hall–Kier alpha value is -4.26. The molecule has 0 saturated heterocycles. The number of aromatic nitrogens is 2. The largest absolute Gasteiger partial charge is 0.456 e. The number of hydrogen-bond donors (Lipinski definition) is 1. The number of benzene rings is 3. The van der Waals surface area contributed by atoms with E-state index in [4.69, 9.17) is 8.94 Å². The molecule has 35 heavy (non-hydrogen) atoms. The predicted molar refractivity (Wildman–Crippen MR) is 129 cm³/mol. The number of furan rings is 1. The lowest BCUT2D eigenvalue weighted by Gasteiger charge is -2.14. The van der Waals surface area contributed by atoms with Gasteiger partial charge in [-0.2, -0.15) is 4.98 Å². The molecule has 1 amide bonds. The number of carbonyl (C=O) groups excluding carboxylic acids is 1. The van der Waals surface area contributed by atoms with E-state index >= 15 is 0 Å². The smallest absolute Gasteiger partial charge is 0.252 e. The van der Waals surface area contributed by atoms with Gasteiger partial charge in [-0.3, -0.25) is 4.79 Å². The second-order valence-corrected chi connectivity index (χ2v) is 9.08. The second kappa shape index (κ2) is 7.91. The Morgan fingerprint density at radius 1 is 0.971 bits per heavy atom. The van der Waals surface area contributed by atoms with Gasteiger partial charge in [0, 0.05) is 16.5 Å². The van der Waals surface area contributed by atoms with E-state index < -0.39 is 5.54 Å². The molecule has 174 valence electrons. The SMILES string of the molecule is Cc1noc(C2(NC(=O)c3ccc(C)c(-c4ccc5oc(-c6ccc(F)cc6)cc5c4)c3)CC2)n1. The number of rotatable bonds is 5. The van der Waals surface area contributed by atoms with Crippen LogP contribution in [0.3, 0.4) is 0 Å². The van der Waals surface area contributed by atoms with Crippen molar-refractivity contribution >= 4 is 16.9 Å². The minimum Gasteiger partial charge on any atom is -0.456 e. The summed E-state index contributed by atoms with van der Waals surface area (Å²) in [4.78, 5) is 17.4. The summed E-state index contributed by atoms with van der Waals surface area (Å²) < 4.78 is 24.6. The Bertz CT molecular complexity index is 1580. The lowest BCUT2D eigenvalue weighted by Crippen LogP contribution is -2.35. The summed E-state index contributed by atoms with van der Waals surface area (Å²) >= 11 is 0. The van der Waals surface area contributed by atoms with E-state index in [0.29, 0.717) is 23.0 Å². The van der Waals surface area contributed by atoms with Crippen molar-refractivity contribution in [3.05, 3.63) is 95.4 Å². The normalized spacial score (nSPS) is 14.3. The van der Waals surface area contributed by atoms with Crippen LogP contribution in [-0.2, 0) is 5.54 Å². The summed E-state index contributed by atoms with van der Waals surface area (Å²) in [6.07, 6.45) is 1.54. The monoisotopic (exact) mass is 467 g/mol. The number of hydrogen-bond acceptors (Lipinski definition) is 5. The Morgan fingerprint density at radius 2 is 1.74 bits per heavy atom. The molecule has 1 fully saturated rings. The molecule has 0 radical (unpaired) electrons. The van der Waals surface area contributed by atoms with Gasteiger partial charge in [-0.25, -0.2) is 4.39 Å². The zero-order valence-electron chi connectivity index (χ0n) is 19.3. The Morgan fingerprint density at radius 3 is 2.46 bits per heavy atom. The van der Waals surface area contributed by atoms with Gasteiger partial charge in [-0.1, -0.05) is 17.3 Å². The van der Waals surface area contributed by atoms with Crippen LogP contribution < -0.4 is 5.32 Å². The topological polar surface area (TPSA) is 81.2 Å². The molecule has 6 nitrogen and oxygen atoms in total. The molecule has 0 unspecified atom stereocenters. The summed E-state index contributed by atoms with van der Waals surface area (Å²) in [6, 6.07) is 19.8. The van der Waals surface area contributed by atoms with E-state index in [1.54, 1.807) is 19.1 Å². The van der Waals surface area contributed by atoms with Crippen molar-refractivity contribution in [3.63, 3.8) is 0 Å². The molecule has 1 saturated carbocycles. The molecule has 0 bridgehead atoms. The fraction of sp³-hybridized carbons (Fsp3) is 0.179. The molecule has 5 aromatic rings. The van der Waals surface area contributed by atoms with Crippen LogP contribution in [0.25, 0.3) is 33.4 Å². The first-order chi connectivity index (χ1) is 16.9. The van der Waals surface area contributed by atoms with Crippen LogP contribution in [0.15, 0.2) is 75.7 Å². The lowest BCUT2D eigenvalue weighted by atomic mass is 9.96. The van der Waals surface area contributed by atoms with E-state index in [1.165, 1.54) is 12.1 Å². The predicted octanol–water partition coefficient (Wildman–Crippen LogP) is 6.32. The van der Waals surface area contributed by atoms with Crippen LogP contribution in [0.1, 0.15) is 40.5 Å². The molecular formula is C28H22FN3O3. The maximum Gasteiger partial charge on any atom is 0.252 e. The van der Waals surface area contributed by atoms with Gasteiger partial charge in [0.25, 0.3) is 11.8 Å². The maximum absolute atomic E-state index is 13.3. The van der Waals surface area contributed by atoms with E-state index in [9.17, 15) is 9.18 Å². The summed E-state index contributed by atoms with van der Waals surface area (Å²) in [6.45, 7) is 3.78. The number of aryl methyl sites for hydroxylation is 2. The third-order valence-corrected chi connectivity index (χ3v) is 6.50. The first kappa shape index (κ1) is 21.3. The Balaban J connectivity index is 1.30. The highest BCUT2D eigenvalue weighted by atomic mass is 19.1. The van der Waals surface area contributed by atoms with Gasteiger partial charge in [0.05, 0.1) is 0 Å². The number of amides is 1. The standard InChI is InChI=1S/C28H22FN3O3/c1-16-3-4-20(26(33)31-28(11-12-28)27-30-17(2)32-35-27)14-23(16)19-7-10-24-21(13-19)15-25(34-24)18-5-8-22(29)9-6-18/h3-10,13-15H,11-12H2,1-2H3,(H,31,33). The second-order valence-electron chi connectivity index (χ2n) is 9.08. The molecule has 3 aromatic carbocycles. The fourth-order valence-electron chi connectivity index (χ4n) is 4.34. The summed E-state index contributed by atoms with van der Waals surface area (Å²) in [5.74, 6) is 1.22. The fourth-order valence-corrected chi connectivity index (χ4v) is 4.34. The van der Waals surface area contributed by atoms with Crippen LogP contribution >= 0.6 is 0 Å². The number of nitrogens with one attached hydrogen (secondary N) is 1. The van der Waals surface area contributed by atoms with Crippen LogP contribution in [0.4, 0.5) is 4.39 Å². The minimum atomic E-state index is -0.574. The van der Waals surface area contributed by atoms with E-state index in [-0.39, 0.29) is 11.7 Å². The molecule has 1 N–H and O–H groups in total. The van der Waals surface area contributed by atoms with Crippen LogP contribution in [-0.4, -0.2) is 16.0 Å². The van der Waals surface area contributed by atoms with Gasteiger partial charge in [0.15, 0.2) is 5.82 Å². The van der Waals surface area contributed by atoms with Crippen LogP contribution in [0.5, 0.6) is 0 Å². The van der Waals surface area contributed by atoms with Gasteiger partial charge in [-0.05, 0) is 98.0 Å². The highest BCUT2D eigenvalue weighted by Gasteiger charge is 2.50. The van der Waals surface area contributed by atoms with Gasteiger partial charge in [0.1, 0.15) is 22.7 Å². The molecule has 0 aliphatic heterocycles. The molecule has 1 aliphatic rings. The number of fused-ring (bicyclic) bond motifs is 1. The van der Waals surface area contributed by atoms with Crippen LogP contribution in [0, 0.1) is 19.7 Å². The molecule has 6 rings (SSSR count). The molecule has 7 heteroatoms.